The fraction of sp³-hybridized carbons (Fsp3) is 0.565. The van der Waals surface area contributed by atoms with E-state index in [0.717, 1.165) is 42.4 Å². The summed E-state index contributed by atoms with van der Waals surface area (Å²) in [7, 11) is 2.19. The molecule has 2 aromatic rings. The SMILES string of the molecule is Cc1nc(-c2ccccc2Cl)sc1C(=O)NCC1(N2CCN(C)CC2)CCCCC1. The highest BCUT2D eigenvalue weighted by atomic mass is 35.5. The van der Waals surface area contributed by atoms with Crippen LogP contribution in [0, 0.1) is 6.92 Å². The smallest absolute Gasteiger partial charge is 0.263 e. The fourth-order valence-electron chi connectivity index (χ4n) is 4.78. The number of hydrogen-bond acceptors (Lipinski definition) is 5. The van der Waals surface area contributed by atoms with Gasteiger partial charge in [0.15, 0.2) is 0 Å². The highest BCUT2D eigenvalue weighted by Crippen LogP contribution is 2.35. The molecule has 7 heteroatoms. The van der Waals surface area contributed by atoms with Gasteiger partial charge in [-0.1, -0.05) is 49.1 Å². The number of halogens is 1. The Morgan fingerprint density at radius 2 is 1.87 bits per heavy atom. The Morgan fingerprint density at radius 1 is 1.17 bits per heavy atom. The van der Waals surface area contributed by atoms with Crippen LogP contribution in [-0.2, 0) is 0 Å². The van der Waals surface area contributed by atoms with Gasteiger partial charge in [0.25, 0.3) is 5.91 Å². The average molecular weight is 447 g/mol. The molecule has 1 saturated carbocycles. The minimum absolute atomic E-state index is 0.0117. The van der Waals surface area contributed by atoms with Crippen LogP contribution < -0.4 is 5.32 Å². The molecule has 0 spiro atoms. The lowest BCUT2D eigenvalue weighted by molar-refractivity contribution is 0.0139. The molecule has 30 heavy (non-hydrogen) atoms. The van der Waals surface area contributed by atoms with Crippen LogP contribution >= 0.6 is 22.9 Å². The summed E-state index contributed by atoms with van der Waals surface area (Å²) in [5, 5.41) is 4.74. The van der Waals surface area contributed by atoms with Crippen molar-refractivity contribution in [3.05, 3.63) is 39.9 Å². The molecule has 162 valence electrons. The summed E-state index contributed by atoms with van der Waals surface area (Å²) in [5.74, 6) is -0.0117. The van der Waals surface area contributed by atoms with E-state index < -0.39 is 0 Å². The Kier molecular flexibility index (Phi) is 6.78. The maximum absolute atomic E-state index is 13.1. The van der Waals surface area contributed by atoms with Crippen LogP contribution in [0.2, 0.25) is 5.02 Å². The van der Waals surface area contributed by atoms with Crippen LogP contribution in [0.1, 0.15) is 47.5 Å². The van der Waals surface area contributed by atoms with E-state index in [1.54, 1.807) is 0 Å². The monoisotopic (exact) mass is 446 g/mol. The highest BCUT2D eigenvalue weighted by molar-refractivity contribution is 7.17. The molecule has 4 rings (SSSR count). The number of carbonyl (C=O) groups excluding carboxylic acids is 1. The lowest BCUT2D eigenvalue weighted by Crippen LogP contribution is -2.61. The molecule has 1 aliphatic carbocycles. The normalized spacial score (nSPS) is 20.2. The molecule has 1 amide bonds. The highest BCUT2D eigenvalue weighted by Gasteiger charge is 2.39. The van der Waals surface area contributed by atoms with Crippen LogP contribution in [0.4, 0.5) is 0 Å². The third kappa shape index (κ3) is 4.57. The molecule has 1 N–H and O–H groups in total. The number of hydrogen-bond donors (Lipinski definition) is 1. The number of rotatable bonds is 5. The Balaban J connectivity index is 1.48. The van der Waals surface area contributed by atoms with Crippen molar-refractivity contribution in [2.75, 3.05) is 39.8 Å². The van der Waals surface area contributed by atoms with Gasteiger partial charge >= 0.3 is 0 Å². The van der Waals surface area contributed by atoms with Gasteiger partial charge < -0.3 is 10.2 Å². The number of nitrogens with zero attached hydrogens (tertiary/aromatic N) is 3. The molecule has 1 aromatic carbocycles. The van der Waals surface area contributed by atoms with Crippen molar-refractivity contribution in [3.63, 3.8) is 0 Å². The van der Waals surface area contributed by atoms with Gasteiger partial charge in [-0.2, -0.15) is 0 Å². The summed E-state index contributed by atoms with van der Waals surface area (Å²) >= 11 is 7.76. The first kappa shape index (κ1) is 21.8. The fourth-order valence-corrected chi connectivity index (χ4v) is 6.08. The first-order valence-electron chi connectivity index (χ1n) is 10.9. The lowest BCUT2D eigenvalue weighted by atomic mass is 9.79. The van der Waals surface area contributed by atoms with Gasteiger partial charge in [0, 0.05) is 43.8 Å². The quantitative estimate of drug-likeness (QED) is 0.737. The molecule has 5 nitrogen and oxygen atoms in total. The summed E-state index contributed by atoms with van der Waals surface area (Å²) in [4.78, 5) is 23.5. The van der Waals surface area contributed by atoms with Gasteiger partial charge in [-0.15, -0.1) is 11.3 Å². The number of carbonyl (C=O) groups is 1. The minimum atomic E-state index is -0.0117. The topological polar surface area (TPSA) is 48.5 Å². The zero-order valence-electron chi connectivity index (χ0n) is 17.9. The standard InChI is InChI=1S/C23H31ClN4OS/c1-17-20(30-22(26-17)18-8-4-5-9-19(18)24)21(29)25-16-23(10-6-3-7-11-23)28-14-12-27(2)13-15-28/h4-5,8-9H,3,6-7,10-16H2,1-2H3,(H,25,29). The van der Waals surface area contributed by atoms with Crippen molar-refractivity contribution >= 4 is 28.8 Å². The number of thiazole rings is 1. The number of aromatic nitrogens is 1. The molecular formula is C23H31ClN4OS. The molecule has 0 bridgehead atoms. The number of nitrogens with one attached hydrogen (secondary N) is 1. The summed E-state index contributed by atoms with van der Waals surface area (Å²) in [6, 6.07) is 7.66. The Morgan fingerprint density at radius 3 is 2.57 bits per heavy atom. The number of amides is 1. The minimum Gasteiger partial charge on any atom is -0.349 e. The van der Waals surface area contributed by atoms with Crippen molar-refractivity contribution in [3.8, 4) is 10.6 Å². The van der Waals surface area contributed by atoms with Gasteiger partial charge in [-0.05, 0) is 32.9 Å². The number of likely N-dealkylation sites (N-methyl/N-ethyl adjacent to an activating group) is 1. The van der Waals surface area contributed by atoms with Crippen LogP contribution in [0.3, 0.4) is 0 Å². The van der Waals surface area contributed by atoms with Crippen LogP contribution in [0.25, 0.3) is 10.6 Å². The first-order valence-corrected chi connectivity index (χ1v) is 12.1. The van der Waals surface area contributed by atoms with Crippen LogP contribution in [-0.4, -0.2) is 66.0 Å². The number of benzene rings is 1. The Hall–Kier alpha value is -1.47. The Labute approximate surface area is 188 Å². The second-order valence-corrected chi connectivity index (χ2v) is 10.1. The Bertz CT molecular complexity index is 885. The molecular weight excluding hydrogens is 416 g/mol. The van der Waals surface area contributed by atoms with Gasteiger partial charge in [0.1, 0.15) is 9.88 Å². The third-order valence-electron chi connectivity index (χ3n) is 6.64. The molecule has 2 fully saturated rings. The van der Waals surface area contributed by atoms with Crippen molar-refractivity contribution in [2.45, 2.75) is 44.6 Å². The van der Waals surface area contributed by atoms with E-state index >= 15 is 0 Å². The van der Waals surface area contributed by atoms with Gasteiger partial charge in [0.2, 0.25) is 0 Å². The zero-order chi connectivity index (χ0) is 21.1. The zero-order valence-corrected chi connectivity index (χ0v) is 19.5. The molecule has 0 atom stereocenters. The molecule has 1 saturated heterocycles. The number of piperazine rings is 1. The predicted molar refractivity (Wildman–Crippen MR) is 125 cm³/mol. The van der Waals surface area contributed by atoms with E-state index in [1.807, 2.05) is 31.2 Å². The van der Waals surface area contributed by atoms with E-state index in [1.165, 1.54) is 43.4 Å². The van der Waals surface area contributed by atoms with Crippen molar-refractivity contribution < 1.29 is 4.79 Å². The molecule has 2 aliphatic rings. The third-order valence-corrected chi connectivity index (χ3v) is 8.16. The summed E-state index contributed by atoms with van der Waals surface area (Å²) in [6.07, 6.45) is 6.14. The summed E-state index contributed by atoms with van der Waals surface area (Å²) in [5.41, 5.74) is 1.75. The summed E-state index contributed by atoms with van der Waals surface area (Å²) < 4.78 is 0. The maximum Gasteiger partial charge on any atom is 0.263 e. The van der Waals surface area contributed by atoms with E-state index in [0.29, 0.717) is 16.4 Å². The lowest BCUT2D eigenvalue weighted by Gasteiger charge is -2.49. The average Bonchev–Trinajstić information content (AvgIpc) is 3.15. The van der Waals surface area contributed by atoms with Crippen LogP contribution in [0.15, 0.2) is 24.3 Å². The van der Waals surface area contributed by atoms with Crippen LogP contribution in [0.5, 0.6) is 0 Å². The van der Waals surface area contributed by atoms with E-state index in [4.69, 9.17) is 11.6 Å². The molecule has 0 radical (unpaired) electrons. The molecule has 1 aliphatic heterocycles. The van der Waals surface area contributed by atoms with Crippen molar-refractivity contribution in [1.82, 2.24) is 20.1 Å². The molecule has 1 aromatic heterocycles. The van der Waals surface area contributed by atoms with Gasteiger partial charge in [-0.3, -0.25) is 9.69 Å². The van der Waals surface area contributed by atoms with Gasteiger partial charge in [0.05, 0.1) is 10.7 Å². The van der Waals surface area contributed by atoms with E-state index in [-0.39, 0.29) is 11.4 Å². The summed E-state index contributed by atoms with van der Waals surface area (Å²) in [6.45, 7) is 7.00. The second kappa shape index (κ2) is 9.35. The second-order valence-electron chi connectivity index (χ2n) is 8.67. The van der Waals surface area contributed by atoms with E-state index in [2.05, 4.69) is 27.1 Å². The van der Waals surface area contributed by atoms with Crippen molar-refractivity contribution in [2.24, 2.45) is 0 Å². The van der Waals surface area contributed by atoms with E-state index in [9.17, 15) is 4.79 Å². The number of aryl methyl sites for hydroxylation is 1. The first-order chi connectivity index (χ1) is 14.5. The maximum atomic E-state index is 13.1. The molecule has 0 unspecified atom stereocenters. The van der Waals surface area contributed by atoms with Gasteiger partial charge in [-0.25, -0.2) is 4.98 Å². The predicted octanol–water partition coefficient (Wildman–Crippen LogP) is 4.45. The van der Waals surface area contributed by atoms with Crippen molar-refractivity contribution in [1.29, 1.82) is 0 Å². The largest absolute Gasteiger partial charge is 0.349 e. The molecule has 2 heterocycles.